The van der Waals surface area contributed by atoms with Gasteiger partial charge in [-0.25, -0.2) is 9.97 Å². The van der Waals surface area contributed by atoms with E-state index in [2.05, 4.69) is 9.97 Å². The number of thiophene rings is 1. The quantitative estimate of drug-likeness (QED) is 0.893. The highest BCUT2D eigenvalue weighted by atomic mass is 32.1. The molecule has 2 heterocycles. The molecule has 5 nitrogen and oxygen atoms in total. The summed E-state index contributed by atoms with van der Waals surface area (Å²) in [7, 11) is 0. The van der Waals surface area contributed by atoms with E-state index in [0.717, 1.165) is 22.6 Å². The first-order valence-corrected chi connectivity index (χ1v) is 6.77. The van der Waals surface area contributed by atoms with Crippen LogP contribution in [-0.2, 0) is 4.79 Å². The van der Waals surface area contributed by atoms with Crippen LogP contribution in [0.4, 0.5) is 5.82 Å². The molecule has 0 aromatic carbocycles. The summed E-state index contributed by atoms with van der Waals surface area (Å²) in [6.07, 6.45) is 3.89. The second kappa shape index (κ2) is 4.53. The van der Waals surface area contributed by atoms with Crippen LogP contribution in [0.5, 0.6) is 0 Å². The molecule has 0 spiro atoms. The maximum atomic E-state index is 11.0. The van der Waals surface area contributed by atoms with Crippen molar-refractivity contribution in [2.45, 2.75) is 12.8 Å². The number of carboxylic acids is 1. The fraction of sp³-hybridized carbons (Fsp3) is 0.417. The van der Waals surface area contributed by atoms with E-state index >= 15 is 0 Å². The van der Waals surface area contributed by atoms with Gasteiger partial charge in [0.2, 0.25) is 0 Å². The molecule has 3 rings (SSSR count). The zero-order chi connectivity index (χ0) is 12.5. The zero-order valence-electron chi connectivity index (χ0n) is 9.74. The Morgan fingerprint density at radius 2 is 2.33 bits per heavy atom. The van der Waals surface area contributed by atoms with E-state index in [1.54, 1.807) is 11.3 Å². The molecule has 1 aliphatic rings. The zero-order valence-corrected chi connectivity index (χ0v) is 10.6. The molecule has 1 saturated carbocycles. The molecule has 0 unspecified atom stereocenters. The Kier molecular flexibility index (Phi) is 2.87. The summed E-state index contributed by atoms with van der Waals surface area (Å²) >= 11 is 1.55. The van der Waals surface area contributed by atoms with Gasteiger partial charge in [-0.15, -0.1) is 11.3 Å². The Labute approximate surface area is 108 Å². The summed E-state index contributed by atoms with van der Waals surface area (Å²) in [6, 6.07) is 1.96. The fourth-order valence-electron chi connectivity index (χ4n) is 2.03. The number of carboxylic acid groups (broad SMARTS) is 1. The summed E-state index contributed by atoms with van der Waals surface area (Å²) in [5.41, 5.74) is 0. The largest absolute Gasteiger partial charge is 0.480 e. The molecule has 6 heteroatoms. The van der Waals surface area contributed by atoms with Gasteiger partial charge in [0.05, 0.1) is 5.39 Å². The normalized spacial score (nSPS) is 14.9. The van der Waals surface area contributed by atoms with Gasteiger partial charge in [-0.05, 0) is 30.2 Å². The number of rotatable bonds is 5. The Hall–Kier alpha value is -1.69. The van der Waals surface area contributed by atoms with E-state index in [4.69, 9.17) is 5.11 Å². The van der Waals surface area contributed by atoms with Crippen molar-refractivity contribution >= 4 is 33.3 Å². The minimum Gasteiger partial charge on any atom is -0.480 e. The number of aromatic nitrogens is 2. The summed E-state index contributed by atoms with van der Waals surface area (Å²) in [4.78, 5) is 22.2. The Morgan fingerprint density at radius 3 is 3.06 bits per heavy atom. The lowest BCUT2D eigenvalue weighted by molar-refractivity contribution is -0.135. The van der Waals surface area contributed by atoms with Crippen LogP contribution in [0, 0.1) is 5.92 Å². The van der Waals surface area contributed by atoms with Gasteiger partial charge in [-0.3, -0.25) is 4.79 Å². The van der Waals surface area contributed by atoms with Gasteiger partial charge in [0.25, 0.3) is 0 Å². The summed E-state index contributed by atoms with van der Waals surface area (Å²) < 4.78 is 0. The number of nitrogens with zero attached hydrogens (tertiary/aromatic N) is 3. The van der Waals surface area contributed by atoms with Crippen molar-refractivity contribution in [3.05, 3.63) is 17.8 Å². The second-order valence-corrected chi connectivity index (χ2v) is 5.45. The predicted molar refractivity (Wildman–Crippen MR) is 70.0 cm³/mol. The van der Waals surface area contributed by atoms with Crippen molar-refractivity contribution in [3.63, 3.8) is 0 Å². The minimum absolute atomic E-state index is 0.00153. The molecule has 0 atom stereocenters. The van der Waals surface area contributed by atoms with Crippen molar-refractivity contribution in [2.24, 2.45) is 5.92 Å². The first-order valence-electron chi connectivity index (χ1n) is 5.89. The van der Waals surface area contributed by atoms with Gasteiger partial charge in [-0.1, -0.05) is 0 Å². The van der Waals surface area contributed by atoms with Crippen LogP contribution in [0.1, 0.15) is 12.8 Å². The standard InChI is InChI=1S/C12H13N3O2S/c16-10(17)6-15(5-8-1-2-8)11-9-3-4-18-12(9)14-7-13-11/h3-4,7-8H,1-2,5-6H2,(H,16,17). The molecule has 0 amide bonds. The van der Waals surface area contributed by atoms with Crippen LogP contribution in [0.15, 0.2) is 17.8 Å². The van der Waals surface area contributed by atoms with Crippen LogP contribution in [0.2, 0.25) is 0 Å². The summed E-state index contributed by atoms with van der Waals surface area (Å²) in [5.74, 6) is 0.543. The summed E-state index contributed by atoms with van der Waals surface area (Å²) in [6.45, 7) is 0.771. The topological polar surface area (TPSA) is 66.3 Å². The lowest BCUT2D eigenvalue weighted by Gasteiger charge is -2.21. The van der Waals surface area contributed by atoms with Crippen molar-refractivity contribution in [1.29, 1.82) is 0 Å². The number of hydrogen-bond acceptors (Lipinski definition) is 5. The summed E-state index contributed by atoms with van der Waals surface area (Å²) in [5, 5.41) is 11.9. The molecular weight excluding hydrogens is 250 g/mol. The van der Waals surface area contributed by atoms with Gasteiger partial charge in [0.15, 0.2) is 0 Å². The SMILES string of the molecule is O=C(O)CN(CC1CC1)c1ncnc2sccc12. The molecule has 0 bridgehead atoms. The first-order chi connectivity index (χ1) is 8.74. The average Bonchev–Trinajstić information content (AvgIpc) is 3.02. The van der Waals surface area contributed by atoms with Crippen LogP contribution >= 0.6 is 11.3 Å². The van der Waals surface area contributed by atoms with Crippen LogP contribution in [-0.4, -0.2) is 34.1 Å². The van der Waals surface area contributed by atoms with Crippen molar-refractivity contribution in [1.82, 2.24) is 9.97 Å². The number of anilines is 1. The van der Waals surface area contributed by atoms with E-state index in [1.807, 2.05) is 16.3 Å². The van der Waals surface area contributed by atoms with Crippen LogP contribution < -0.4 is 4.90 Å². The van der Waals surface area contributed by atoms with Crippen molar-refractivity contribution in [3.8, 4) is 0 Å². The highest BCUT2D eigenvalue weighted by molar-refractivity contribution is 7.16. The molecule has 1 N–H and O–H groups in total. The molecule has 0 radical (unpaired) electrons. The highest BCUT2D eigenvalue weighted by Crippen LogP contribution is 2.33. The third-order valence-electron chi connectivity index (χ3n) is 3.04. The van der Waals surface area contributed by atoms with Crippen LogP contribution in [0.25, 0.3) is 10.2 Å². The van der Waals surface area contributed by atoms with Gasteiger partial charge in [0, 0.05) is 6.54 Å². The third-order valence-corrected chi connectivity index (χ3v) is 3.86. The molecule has 94 valence electrons. The van der Waals surface area contributed by atoms with Gasteiger partial charge in [-0.2, -0.15) is 0 Å². The highest BCUT2D eigenvalue weighted by Gasteiger charge is 2.27. The lowest BCUT2D eigenvalue weighted by Crippen LogP contribution is -2.32. The lowest BCUT2D eigenvalue weighted by atomic mass is 10.3. The number of hydrogen-bond donors (Lipinski definition) is 1. The first kappa shape index (κ1) is 11.4. The maximum absolute atomic E-state index is 11.0. The van der Waals surface area contributed by atoms with Gasteiger partial charge >= 0.3 is 5.97 Å². The third kappa shape index (κ3) is 2.28. The van der Waals surface area contributed by atoms with E-state index in [0.29, 0.717) is 5.92 Å². The maximum Gasteiger partial charge on any atom is 0.323 e. The molecule has 2 aromatic heterocycles. The van der Waals surface area contributed by atoms with Crippen molar-refractivity contribution < 1.29 is 9.90 Å². The number of aliphatic carboxylic acids is 1. The number of fused-ring (bicyclic) bond motifs is 1. The van der Waals surface area contributed by atoms with E-state index < -0.39 is 5.97 Å². The van der Waals surface area contributed by atoms with Gasteiger partial charge in [0.1, 0.15) is 23.5 Å². The fourth-order valence-corrected chi connectivity index (χ4v) is 2.76. The Balaban J connectivity index is 1.96. The minimum atomic E-state index is -0.822. The molecule has 1 fully saturated rings. The molecule has 0 saturated heterocycles. The molecule has 18 heavy (non-hydrogen) atoms. The smallest absolute Gasteiger partial charge is 0.323 e. The molecule has 2 aromatic rings. The van der Waals surface area contributed by atoms with E-state index in [-0.39, 0.29) is 6.54 Å². The Bertz CT molecular complexity index is 579. The predicted octanol–water partition coefficient (Wildman–Crippen LogP) is 1.99. The molecule has 0 aliphatic heterocycles. The van der Waals surface area contributed by atoms with E-state index in [9.17, 15) is 4.79 Å². The number of carbonyl (C=O) groups is 1. The second-order valence-electron chi connectivity index (χ2n) is 4.55. The average molecular weight is 263 g/mol. The van der Waals surface area contributed by atoms with E-state index in [1.165, 1.54) is 19.2 Å². The van der Waals surface area contributed by atoms with Crippen LogP contribution in [0.3, 0.4) is 0 Å². The monoisotopic (exact) mass is 263 g/mol. The molecular formula is C12H13N3O2S. The Morgan fingerprint density at radius 1 is 1.50 bits per heavy atom. The molecule has 1 aliphatic carbocycles. The van der Waals surface area contributed by atoms with Gasteiger partial charge < -0.3 is 10.0 Å². The van der Waals surface area contributed by atoms with Crippen molar-refractivity contribution in [2.75, 3.05) is 18.0 Å².